The largest absolute Gasteiger partial charge is 0.309 e. The molecule has 19 heavy (non-hydrogen) atoms. The van der Waals surface area contributed by atoms with Crippen molar-refractivity contribution < 1.29 is 8.78 Å². The summed E-state index contributed by atoms with van der Waals surface area (Å²) in [5, 5.41) is 3.70. The van der Waals surface area contributed by atoms with Crippen molar-refractivity contribution in [3.05, 3.63) is 68.7 Å². The van der Waals surface area contributed by atoms with E-state index in [0.717, 1.165) is 22.2 Å². The molecular formula is C14H11BrClF2N. The Morgan fingerprint density at radius 3 is 2.58 bits per heavy atom. The van der Waals surface area contributed by atoms with Crippen molar-refractivity contribution in [1.82, 2.24) is 5.32 Å². The zero-order valence-corrected chi connectivity index (χ0v) is 12.2. The Kier molecular flexibility index (Phi) is 4.91. The van der Waals surface area contributed by atoms with E-state index in [4.69, 9.17) is 11.6 Å². The molecule has 0 amide bonds. The molecule has 1 nitrogen and oxygen atoms in total. The van der Waals surface area contributed by atoms with Crippen LogP contribution in [0.5, 0.6) is 0 Å². The first-order valence-electron chi connectivity index (χ1n) is 5.65. The van der Waals surface area contributed by atoms with E-state index in [9.17, 15) is 8.78 Å². The lowest BCUT2D eigenvalue weighted by atomic mass is 10.2. The Bertz CT molecular complexity index is 590. The van der Waals surface area contributed by atoms with Gasteiger partial charge >= 0.3 is 0 Å². The summed E-state index contributed by atoms with van der Waals surface area (Å²) in [5.74, 6) is -0.848. The van der Waals surface area contributed by atoms with Crippen LogP contribution >= 0.6 is 27.5 Å². The third-order valence-corrected chi connectivity index (χ3v) is 3.85. The minimum Gasteiger partial charge on any atom is -0.309 e. The highest BCUT2D eigenvalue weighted by molar-refractivity contribution is 9.10. The summed E-state index contributed by atoms with van der Waals surface area (Å²) >= 11 is 9.22. The maximum Gasteiger partial charge on any atom is 0.127 e. The summed E-state index contributed by atoms with van der Waals surface area (Å²) in [7, 11) is 0. The highest BCUT2D eigenvalue weighted by Gasteiger charge is 2.04. The molecule has 0 saturated heterocycles. The molecule has 0 bridgehead atoms. The Balaban J connectivity index is 1.96. The second-order valence-electron chi connectivity index (χ2n) is 4.09. The number of nitrogens with one attached hydrogen (secondary N) is 1. The molecule has 0 aliphatic rings. The van der Waals surface area contributed by atoms with Gasteiger partial charge in [-0.25, -0.2) is 8.78 Å². The molecule has 5 heteroatoms. The number of hydrogen-bond acceptors (Lipinski definition) is 1. The quantitative estimate of drug-likeness (QED) is 0.848. The second kappa shape index (κ2) is 6.46. The first kappa shape index (κ1) is 14.4. The molecule has 2 aromatic carbocycles. The van der Waals surface area contributed by atoms with Gasteiger partial charge in [0, 0.05) is 23.1 Å². The molecule has 2 aromatic rings. The predicted octanol–water partition coefficient (Wildman–Crippen LogP) is 4.67. The first-order valence-corrected chi connectivity index (χ1v) is 6.82. The number of benzene rings is 2. The maximum atomic E-state index is 13.4. The fraction of sp³-hybridized carbons (Fsp3) is 0.143. The smallest absolute Gasteiger partial charge is 0.127 e. The van der Waals surface area contributed by atoms with Gasteiger partial charge in [-0.1, -0.05) is 17.7 Å². The van der Waals surface area contributed by atoms with E-state index in [0.29, 0.717) is 17.1 Å². The van der Waals surface area contributed by atoms with Crippen LogP contribution in [0.3, 0.4) is 0 Å². The standard InChI is InChI=1S/C14H11BrClF2N/c15-12-5-9(1-3-13(12)16)7-19-8-10-6-11(17)2-4-14(10)18/h1-6,19H,7-8H2. The SMILES string of the molecule is Fc1ccc(F)c(CNCc2ccc(Cl)c(Br)c2)c1. The third kappa shape index (κ3) is 4.00. The second-order valence-corrected chi connectivity index (χ2v) is 5.35. The van der Waals surface area contributed by atoms with Gasteiger partial charge in [0.05, 0.1) is 5.02 Å². The van der Waals surface area contributed by atoms with Crippen LogP contribution in [-0.4, -0.2) is 0 Å². The lowest BCUT2D eigenvalue weighted by Crippen LogP contribution is -2.14. The monoisotopic (exact) mass is 345 g/mol. The lowest BCUT2D eigenvalue weighted by Gasteiger charge is -2.07. The molecule has 2 rings (SSSR count). The maximum absolute atomic E-state index is 13.4. The van der Waals surface area contributed by atoms with Gasteiger partial charge in [0.15, 0.2) is 0 Å². The van der Waals surface area contributed by atoms with Gasteiger partial charge in [-0.2, -0.15) is 0 Å². The minimum atomic E-state index is -0.438. The van der Waals surface area contributed by atoms with Crippen LogP contribution in [0, 0.1) is 11.6 Å². The van der Waals surface area contributed by atoms with E-state index in [1.807, 2.05) is 12.1 Å². The molecule has 0 radical (unpaired) electrons. The van der Waals surface area contributed by atoms with E-state index >= 15 is 0 Å². The molecule has 0 spiro atoms. The molecule has 0 unspecified atom stereocenters. The highest BCUT2D eigenvalue weighted by atomic mass is 79.9. The van der Waals surface area contributed by atoms with Gasteiger partial charge in [-0.3, -0.25) is 0 Å². The summed E-state index contributed by atoms with van der Waals surface area (Å²) < 4.78 is 27.2. The fourth-order valence-corrected chi connectivity index (χ4v) is 2.21. The Hall–Kier alpha value is -0.970. The normalized spacial score (nSPS) is 10.7. The van der Waals surface area contributed by atoms with E-state index in [-0.39, 0.29) is 6.54 Å². The summed E-state index contributed by atoms with van der Waals surface area (Å²) in [6, 6.07) is 8.98. The Labute approximate surface area is 123 Å². The van der Waals surface area contributed by atoms with Crippen molar-refractivity contribution >= 4 is 27.5 Å². The number of rotatable bonds is 4. The average molecular weight is 347 g/mol. The molecular weight excluding hydrogens is 336 g/mol. The molecule has 0 fully saturated rings. The third-order valence-electron chi connectivity index (χ3n) is 2.64. The molecule has 0 saturated carbocycles. The van der Waals surface area contributed by atoms with Crippen molar-refractivity contribution in [3.8, 4) is 0 Å². The molecule has 1 N–H and O–H groups in total. The van der Waals surface area contributed by atoms with E-state index < -0.39 is 11.6 Å². The number of halogens is 4. The van der Waals surface area contributed by atoms with Crippen molar-refractivity contribution in [2.24, 2.45) is 0 Å². The van der Waals surface area contributed by atoms with Gasteiger partial charge in [0.2, 0.25) is 0 Å². The van der Waals surface area contributed by atoms with E-state index in [2.05, 4.69) is 21.2 Å². The van der Waals surface area contributed by atoms with Crippen LogP contribution in [0.2, 0.25) is 5.02 Å². The zero-order chi connectivity index (χ0) is 13.8. The molecule has 0 aliphatic carbocycles. The molecule has 100 valence electrons. The topological polar surface area (TPSA) is 12.0 Å². The van der Waals surface area contributed by atoms with Gasteiger partial charge in [-0.15, -0.1) is 0 Å². The summed E-state index contributed by atoms with van der Waals surface area (Å²) in [4.78, 5) is 0. The Morgan fingerprint density at radius 2 is 1.84 bits per heavy atom. The fourth-order valence-electron chi connectivity index (χ4n) is 1.67. The molecule has 0 aromatic heterocycles. The van der Waals surface area contributed by atoms with Crippen LogP contribution in [-0.2, 0) is 13.1 Å². The van der Waals surface area contributed by atoms with Gasteiger partial charge in [0.25, 0.3) is 0 Å². The van der Waals surface area contributed by atoms with Gasteiger partial charge in [-0.05, 0) is 51.8 Å². The van der Waals surface area contributed by atoms with Crippen LogP contribution in [0.4, 0.5) is 8.78 Å². The van der Waals surface area contributed by atoms with Gasteiger partial charge < -0.3 is 5.32 Å². The van der Waals surface area contributed by atoms with E-state index in [1.165, 1.54) is 6.07 Å². The number of hydrogen-bond donors (Lipinski definition) is 1. The van der Waals surface area contributed by atoms with Crippen molar-refractivity contribution in [2.45, 2.75) is 13.1 Å². The molecule has 0 atom stereocenters. The van der Waals surface area contributed by atoms with Crippen LogP contribution in [0.1, 0.15) is 11.1 Å². The molecule has 0 heterocycles. The van der Waals surface area contributed by atoms with Crippen molar-refractivity contribution in [1.29, 1.82) is 0 Å². The Morgan fingerprint density at radius 1 is 1.05 bits per heavy atom. The zero-order valence-electron chi connectivity index (χ0n) is 9.89. The summed E-state index contributed by atoms with van der Waals surface area (Å²) in [6.07, 6.45) is 0. The highest BCUT2D eigenvalue weighted by Crippen LogP contribution is 2.23. The van der Waals surface area contributed by atoms with Crippen LogP contribution in [0.25, 0.3) is 0 Å². The van der Waals surface area contributed by atoms with E-state index in [1.54, 1.807) is 6.07 Å². The lowest BCUT2D eigenvalue weighted by molar-refractivity contribution is 0.568. The van der Waals surface area contributed by atoms with Gasteiger partial charge in [0.1, 0.15) is 11.6 Å². The summed E-state index contributed by atoms with van der Waals surface area (Å²) in [5.41, 5.74) is 1.32. The molecule has 0 aliphatic heterocycles. The average Bonchev–Trinajstić information content (AvgIpc) is 2.38. The summed E-state index contributed by atoms with van der Waals surface area (Å²) in [6.45, 7) is 0.815. The van der Waals surface area contributed by atoms with Crippen LogP contribution in [0.15, 0.2) is 40.9 Å². The van der Waals surface area contributed by atoms with Crippen molar-refractivity contribution in [2.75, 3.05) is 0 Å². The van der Waals surface area contributed by atoms with Crippen molar-refractivity contribution in [3.63, 3.8) is 0 Å². The first-order chi connectivity index (χ1) is 9.06. The predicted molar refractivity (Wildman–Crippen MR) is 76.1 cm³/mol. The minimum absolute atomic E-state index is 0.268. The van der Waals surface area contributed by atoms with Crippen LogP contribution < -0.4 is 5.32 Å².